The first-order valence-corrected chi connectivity index (χ1v) is 9.42. The van der Waals surface area contributed by atoms with Gasteiger partial charge >= 0.3 is 0 Å². The molecule has 1 heterocycles. The lowest BCUT2D eigenvalue weighted by atomic mass is 10.1. The van der Waals surface area contributed by atoms with E-state index < -0.39 is 15.6 Å². The molecule has 1 aromatic carbocycles. The third kappa shape index (κ3) is 5.30. The summed E-state index contributed by atoms with van der Waals surface area (Å²) in [6.45, 7) is 5.82. The molecule has 0 fully saturated rings. The third-order valence-electron chi connectivity index (χ3n) is 2.89. The number of nitrogens with zero attached hydrogens (tertiary/aromatic N) is 1. The van der Waals surface area contributed by atoms with E-state index in [1.165, 1.54) is 0 Å². The molecule has 0 amide bonds. The zero-order valence-corrected chi connectivity index (χ0v) is 15.7. The smallest absolute Gasteiger partial charge is 0.241 e. The molecule has 1 aromatic heterocycles. The highest BCUT2D eigenvalue weighted by molar-refractivity contribution is 9.10. The Balaban J connectivity index is 2.22. The summed E-state index contributed by atoms with van der Waals surface area (Å²) >= 11 is 3.33. The number of sulfonamides is 1. The van der Waals surface area contributed by atoms with Gasteiger partial charge in [-0.25, -0.2) is 18.1 Å². The molecule has 0 spiro atoms. The van der Waals surface area contributed by atoms with E-state index in [2.05, 4.69) is 31.0 Å². The van der Waals surface area contributed by atoms with E-state index in [9.17, 15) is 8.42 Å². The van der Waals surface area contributed by atoms with Crippen LogP contribution in [0.2, 0.25) is 0 Å². The number of anilines is 1. The molecule has 2 rings (SSSR count). The van der Waals surface area contributed by atoms with E-state index in [0.29, 0.717) is 17.9 Å². The monoisotopic (exact) mass is 397 g/mol. The summed E-state index contributed by atoms with van der Waals surface area (Å²) in [7, 11) is -3.58. The molecule has 2 aromatic rings. The molecule has 2 N–H and O–H groups in total. The standard InChI is InChI=1S/C16H20BrN3O2S/c1-16(2,3)20-23(21,22)14-7-5-4-6-12(14)10-18-15-9-8-13(17)11-19-15/h4-9,11,20H,10H2,1-3H3,(H,18,19). The summed E-state index contributed by atoms with van der Waals surface area (Å²) in [6, 6.07) is 10.7. The van der Waals surface area contributed by atoms with Crippen molar-refractivity contribution in [2.45, 2.75) is 37.8 Å². The van der Waals surface area contributed by atoms with E-state index in [-0.39, 0.29) is 4.90 Å². The van der Waals surface area contributed by atoms with Crippen LogP contribution >= 0.6 is 15.9 Å². The van der Waals surface area contributed by atoms with E-state index in [1.807, 2.05) is 39.0 Å². The van der Waals surface area contributed by atoms with Crippen LogP contribution in [0.3, 0.4) is 0 Å². The summed E-state index contributed by atoms with van der Waals surface area (Å²) in [5, 5.41) is 3.14. The average molecular weight is 398 g/mol. The van der Waals surface area contributed by atoms with Crippen molar-refractivity contribution in [2.75, 3.05) is 5.32 Å². The first-order chi connectivity index (χ1) is 10.7. The van der Waals surface area contributed by atoms with E-state index in [4.69, 9.17) is 0 Å². The average Bonchev–Trinajstić information content (AvgIpc) is 2.44. The molecule has 0 saturated carbocycles. The lowest BCUT2D eigenvalue weighted by Crippen LogP contribution is -2.40. The molecule has 0 radical (unpaired) electrons. The molecule has 0 bridgehead atoms. The van der Waals surface area contributed by atoms with Crippen molar-refractivity contribution in [1.82, 2.24) is 9.71 Å². The van der Waals surface area contributed by atoms with Gasteiger partial charge in [0.1, 0.15) is 5.82 Å². The molecule has 0 aliphatic rings. The third-order valence-corrected chi connectivity index (χ3v) is 5.22. The van der Waals surface area contributed by atoms with Crippen molar-refractivity contribution in [3.63, 3.8) is 0 Å². The van der Waals surface area contributed by atoms with Crippen molar-refractivity contribution in [2.24, 2.45) is 0 Å². The number of nitrogens with one attached hydrogen (secondary N) is 2. The zero-order valence-electron chi connectivity index (χ0n) is 13.3. The lowest BCUT2D eigenvalue weighted by molar-refractivity contribution is 0.491. The Kier molecular flexibility index (Phi) is 5.44. The highest BCUT2D eigenvalue weighted by atomic mass is 79.9. The van der Waals surface area contributed by atoms with Crippen molar-refractivity contribution < 1.29 is 8.42 Å². The van der Waals surface area contributed by atoms with Crippen LogP contribution in [0.4, 0.5) is 5.82 Å². The summed E-state index contributed by atoms with van der Waals surface area (Å²) in [5.74, 6) is 0.684. The molecule has 124 valence electrons. The van der Waals surface area contributed by atoms with Gasteiger partial charge < -0.3 is 5.32 Å². The molecule has 0 atom stereocenters. The van der Waals surface area contributed by atoms with Crippen LogP contribution in [0.5, 0.6) is 0 Å². The maximum absolute atomic E-state index is 12.6. The summed E-state index contributed by atoms with van der Waals surface area (Å²) < 4.78 is 28.7. The fourth-order valence-electron chi connectivity index (χ4n) is 2.04. The van der Waals surface area contributed by atoms with Crippen molar-refractivity contribution in [1.29, 1.82) is 0 Å². The number of pyridine rings is 1. The molecule has 23 heavy (non-hydrogen) atoms. The van der Waals surface area contributed by atoms with Gasteiger partial charge in [-0.15, -0.1) is 0 Å². The number of aromatic nitrogens is 1. The second-order valence-corrected chi connectivity index (χ2v) is 8.74. The predicted octanol–water partition coefficient (Wildman–Crippen LogP) is 3.53. The van der Waals surface area contributed by atoms with Gasteiger partial charge in [-0.2, -0.15) is 0 Å². The molecule has 0 aliphatic carbocycles. The predicted molar refractivity (Wildman–Crippen MR) is 95.8 cm³/mol. The van der Waals surface area contributed by atoms with Gasteiger partial charge in [-0.1, -0.05) is 18.2 Å². The van der Waals surface area contributed by atoms with Crippen molar-refractivity contribution in [3.8, 4) is 0 Å². The first-order valence-electron chi connectivity index (χ1n) is 7.15. The number of hydrogen-bond acceptors (Lipinski definition) is 4. The normalized spacial score (nSPS) is 12.2. The Hall–Kier alpha value is -1.44. The number of rotatable bonds is 5. The fourth-order valence-corrected chi connectivity index (χ4v) is 3.93. The molecule has 5 nitrogen and oxygen atoms in total. The maximum atomic E-state index is 12.6. The second kappa shape index (κ2) is 6.98. The minimum Gasteiger partial charge on any atom is -0.366 e. The van der Waals surface area contributed by atoms with E-state index in [0.717, 1.165) is 4.47 Å². The van der Waals surface area contributed by atoms with Gasteiger partial charge in [0.25, 0.3) is 0 Å². The van der Waals surface area contributed by atoms with Crippen LogP contribution in [0, 0.1) is 0 Å². The van der Waals surface area contributed by atoms with Crippen LogP contribution in [0.25, 0.3) is 0 Å². The quantitative estimate of drug-likeness (QED) is 0.809. The Bertz CT molecular complexity index is 769. The molecule has 7 heteroatoms. The van der Waals surface area contributed by atoms with Gasteiger partial charge in [0.05, 0.1) is 4.90 Å². The number of benzene rings is 1. The van der Waals surface area contributed by atoms with Crippen molar-refractivity contribution in [3.05, 3.63) is 52.6 Å². The number of hydrogen-bond donors (Lipinski definition) is 2. The Morgan fingerprint density at radius 2 is 1.83 bits per heavy atom. The van der Waals surface area contributed by atoms with Crippen LogP contribution in [0.1, 0.15) is 26.3 Å². The van der Waals surface area contributed by atoms with Gasteiger partial charge in [-0.05, 0) is 60.5 Å². The van der Waals surface area contributed by atoms with Crippen LogP contribution in [-0.2, 0) is 16.6 Å². The highest BCUT2D eigenvalue weighted by Gasteiger charge is 2.24. The zero-order chi connectivity index (χ0) is 17.1. The Morgan fingerprint density at radius 1 is 1.13 bits per heavy atom. The van der Waals surface area contributed by atoms with Crippen LogP contribution in [-0.4, -0.2) is 18.9 Å². The van der Waals surface area contributed by atoms with E-state index >= 15 is 0 Å². The SMILES string of the molecule is CC(C)(C)NS(=O)(=O)c1ccccc1CNc1ccc(Br)cn1. The van der Waals surface area contributed by atoms with Gasteiger partial charge in [0.2, 0.25) is 10.0 Å². The molecule has 0 aliphatic heterocycles. The van der Waals surface area contributed by atoms with Crippen molar-refractivity contribution >= 4 is 31.8 Å². The van der Waals surface area contributed by atoms with Crippen LogP contribution < -0.4 is 10.0 Å². The van der Waals surface area contributed by atoms with Crippen LogP contribution in [0.15, 0.2) is 52.0 Å². The highest BCUT2D eigenvalue weighted by Crippen LogP contribution is 2.19. The van der Waals surface area contributed by atoms with E-state index in [1.54, 1.807) is 24.4 Å². The summed E-state index contributed by atoms with van der Waals surface area (Å²) in [5.41, 5.74) is 0.154. The molecule has 0 saturated heterocycles. The molecule has 0 unspecified atom stereocenters. The Labute approximate surface area is 145 Å². The lowest BCUT2D eigenvalue weighted by Gasteiger charge is -2.21. The topological polar surface area (TPSA) is 71.1 Å². The largest absolute Gasteiger partial charge is 0.366 e. The second-order valence-electron chi connectivity index (χ2n) is 6.18. The number of halogens is 1. The van der Waals surface area contributed by atoms with Gasteiger partial charge in [0, 0.05) is 22.8 Å². The fraction of sp³-hybridized carbons (Fsp3) is 0.312. The minimum atomic E-state index is -3.58. The Morgan fingerprint density at radius 3 is 2.43 bits per heavy atom. The summed E-state index contributed by atoms with van der Waals surface area (Å²) in [4.78, 5) is 4.50. The van der Waals surface area contributed by atoms with Gasteiger partial charge in [0.15, 0.2) is 0 Å². The molecular formula is C16H20BrN3O2S. The molecular weight excluding hydrogens is 378 g/mol. The van der Waals surface area contributed by atoms with Gasteiger partial charge in [-0.3, -0.25) is 0 Å². The minimum absolute atomic E-state index is 0.277. The first kappa shape index (κ1) is 17.9. The summed E-state index contributed by atoms with van der Waals surface area (Å²) in [6.07, 6.45) is 1.69. The maximum Gasteiger partial charge on any atom is 0.241 e.